The number of ether oxygens (including phenoxy) is 1. The molecular weight excluding hydrogens is 214 g/mol. The number of fused-ring (bicyclic) bond motifs is 2. The second kappa shape index (κ2) is 3.35. The van der Waals surface area contributed by atoms with Gasteiger partial charge >= 0.3 is 0 Å². The Balaban J connectivity index is 1.86. The number of carbonyl (C=O) groups excluding carboxylic acids is 1. The van der Waals surface area contributed by atoms with E-state index in [1.54, 1.807) is 6.08 Å². The van der Waals surface area contributed by atoms with Gasteiger partial charge in [0, 0.05) is 12.7 Å². The Morgan fingerprint density at radius 2 is 2.12 bits per heavy atom. The first-order valence-electron chi connectivity index (χ1n) is 6.59. The molecule has 2 fully saturated rings. The van der Waals surface area contributed by atoms with Crippen LogP contribution in [0.5, 0.6) is 0 Å². The van der Waals surface area contributed by atoms with Crippen LogP contribution in [0.3, 0.4) is 0 Å². The van der Waals surface area contributed by atoms with Crippen LogP contribution in [-0.4, -0.2) is 35.0 Å². The maximum absolute atomic E-state index is 12.1. The van der Waals surface area contributed by atoms with Gasteiger partial charge in [0.25, 0.3) is 0 Å². The van der Waals surface area contributed by atoms with Gasteiger partial charge in [0.05, 0.1) is 23.2 Å². The maximum Gasteiger partial charge on any atom is 0.165 e. The zero-order chi connectivity index (χ0) is 12.3. The van der Waals surface area contributed by atoms with Crippen molar-refractivity contribution < 1.29 is 9.53 Å². The smallest absolute Gasteiger partial charge is 0.165 e. The fourth-order valence-corrected chi connectivity index (χ4v) is 3.36. The monoisotopic (exact) mass is 235 g/mol. The molecular formula is C14H21NO2. The zero-order valence-corrected chi connectivity index (χ0v) is 10.9. The van der Waals surface area contributed by atoms with Gasteiger partial charge in [-0.2, -0.15) is 0 Å². The minimum absolute atomic E-state index is 0.0961. The average molecular weight is 235 g/mol. The van der Waals surface area contributed by atoms with Crippen molar-refractivity contribution in [1.82, 2.24) is 4.90 Å². The zero-order valence-electron chi connectivity index (χ0n) is 10.9. The SMILES string of the molecule is CC(C)(C)O[C@H]1CCN2C=CC(=O)C3(CC3)[C@H]12. The Labute approximate surface area is 103 Å². The average Bonchev–Trinajstić information content (AvgIpc) is 2.90. The number of hydrogen-bond acceptors (Lipinski definition) is 3. The number of allylic oxidation sites excluding steroid dienone is 1. The molecule has 3 rings (SSSR count). The normalized spacial score (nSPS) is 34.3. The minimum Gasteiger partial charge on any atom is -0.371 e. The van der Waals surface area contributed by atoms with Crippen LogP contribution in [-0.2, 0) is 9.53 Å². The highest BCUT2D eigenvalue weighted by Gasteiger charge is 2.61. The van der Waals surface area contributed by atoms with Crippen molar-refractivity contribution in [1.29, 1.82) is 0 Å². The molecule has 3 nitrogen and oxygen atoms in total. The lowest BCUT2D eigenvalue weighted by atomic mass is 9.85. The van der Waals surface area contributed by atoms with E-state index in [1.165, 1.54) is 0 Å². The van der Waals surface area contributed by atoms with Gasteiger partial charge in [0.2, 0.25) is 0 Å². The van der Waals surface area contributed by atoms with Gasteiger partial charge in [-0.25, -0.2) is 0 Å². The molecule has 0 radical (unpaired) electrons. The van der Waals surface area contributed by atoms with E-state index in [-0.39, 0.29) is 17.1 Å². The highest BCUT2D eigenvalue weighted by Crippen LogP contribution is 2.56. The van der Waals surface area contributed by atoms with Crippen LogP contribution in [0.2, 0.25) is 0 Å². The molecule has 0 unspecified atom stereocenters. The molecule has 2 aliphatic heterocycles. The predicted octanol–water partition coefficient (Wildman–Crippen LogP) is 2.12. The third-order valence-corrected chi connectivity index (χ3v) is 4.15. The van der Waals surface area contributed by atoms with Gasteiger partial charge in [-0.05, 0) is 46.1 Å². The van der Waals surface area contributed by atoms with Gasteiger partial charge in [-0.1, -0.05) is 0 Å². The molecule has 0 aromatic heterocycles. The standard InChI is InChI=1S/C14H21NO2/c1-13(2,3)17-10-4-8-15-9-5-11(16)14(6-7-14)12(10)15/h5,9-10,12H,4,6-8H2,1-3H3/t10-,12-/m0/s1. The van der Waals surface area contributed by atoms with E-state index in [9.17, 15) is 4.79 Å². The summed E-state index contributed by atoms with van der Waals surface area (Å²) in [6.45, 7) is 7.30. The summed E-state index contributed by atoms with van der Waals surface area (Å²) < 4.78 is 6.16. The number of rotatable bonds is 1. The maximum atomic E-state index is 12.1. The highest BCUT2D eigenvalue weighted by atomic mass is 16.5. The van der Waals surface area contributed by atoms with E-state index in [2.05, 4.69) is 25.7 Å². The Morgan fingerprint density at radius 3 is 2.71 bits per heavy atom. The molecule has 0 amide bonds. The van der Waals surface area contributed by atoms with Crippen LogP contribution in [0, 0.1) is 5.41 Å². The molecule has 1 spiro atoms. The largest absolute Gasteiger partial charge is 0.371 e. The van der Waals surface area contributed by atoms with Gasteiger partial charge in [0.15, 0.2) is 5.78 Å². The molecule has 1 saturated carbocycles. The molecule has 1 aliphatic carbocycles. The summed E-state index contributed by atoms with van der Waals surface area (Å²) in [5.41, 5.74) is -0.220. The van der Waals surface area contributed by atoms with Gasteiger partial charge in [-0.3, -0.25) is 4.79 Å². The quantitative estimate of drug-likeness (QED) is 0.697. The molecule has 0 aromatic rings. The number of nitrogens with zero attached hydrogens (tertiary/aromatic N) is 1. The van der Waals surface area contributed by atoms with Crippen LogP contribution in [0.4, 0.5) is 0 Å². The summed E-state index contributed by atoms with van der Waals surface area (Å²) in [4.78, 5) is 14.4. The van der Waals surface area contributed by atoms with Crippen LogP contribution in [0.25, 0.3) is 0 Å². The first-order valence-corrected chi connectivity index (χ1v) is 6.59. The summed E-state index contributed by atoms with van der Waals surface area (Å²) >= 11 is 0. The third-order valence-electron chi connectivity index (χ3n) is 4.15. The minimum atomic E-state index is -0.124. The molecule has 0 N–H and O–H groups in total. The number of ketones is 1. The lowest BCUT2D eigenvalue weighted by Gasteiger charge is -2.38. The van der Waals surface area contributed by atoms with Crippen LogP contribution < -0.4 is 0 Å². The number of carbonyl (C=O) groups is 1. The molecule has 94 valence electrons. The van der Waals surface area contributed by atoms with Crippen molar-refractivity contribution in [3.63, 3.8) is 0 Å². The van der Waals surface area contributed by atoms with Crippen LogP contribution >= 0.6 is 0 Å². The predicted molar refractivity (Wildman–Crippen MR) is 65.6 cm³/mol. The van der Waals surface area contributed by atoms with E-state index in [1.807, 2.05) is 6.20 Å². The van der Waals surface area contributed by atoms with Crippen LogP contribution in [0.15, 0.2) is 12.3 Å². The fourth-order valence-electron chi connectivity index (χ4n) is 3.36. The number of hydrogen-bond donors (Lipinski definition) is 0. The molecule has 0 bridgehead atoms. The van der Waals surface area contributed by atoms with Gasteiger partial charge in [-0.15, -0.1) is 0 Å². The Morgan fingerprint density at radius 1 is 1.41 bits per heavy atom. The molecule has 3 heteroatoms. The lowest BCUT2D eigenvalue weighted by molar-refractivity contribution is -0.128. The van der Waals surface area contributed by atoms with Crippen molar-refractivity contribution in [3.05, 3.63) is 12.3 Å². The molecule has 2 heterocycles. The summed E-state index contributed by atoms with van der Waals surface area (Å²) in [7, 11) is 0. The van der Waals surface area contributed by atoms with Crippen molar-refractivity contribution in [3.8, 4) is 0 Å². The van der Waals surface area contributed by atoms with Crippen LogP contribution in [0.1, 0.15) is 40.0 Å². The highest BCUT2D eigenvalue weighted by molar-refractivity contribution is 5.98. The molecule has 2 atom stereocenters. The third kappa shape index (κ3) is 1.71. The topological polar surface area (TPSA) is 29.5 Å². The van der Waals surface area contributed by atoms with Gasteiger partial charge in [0.1, 0.15) is 0 Å². The summed E-state index contributed by atoms with van der Waals surface area (Å²) in [6.07, 6.45) is 7.08. The molecule has 0 aromatic carbocycles. The second-order valence-electron chi connectivity index (χ2n) is 6.58. The molecule has 1 saturated heterocycles. The van der Waals surface area contributed by atoms with Crippen molar-refractivity contribution in [2.24, 2.45) is 5.41 Å². The first-order chi connectivity index (χ1) is 7.92. The van der Waals surface area contributed by atoms with Gasteiger partial charge < -0.3 is 9.64 Å². The van der Waals surface area contributed by atoms with Crippen molar-refractivity contribution in [2.45, 2.75) is 57.8 Å². The van der Waals surface area contributed by atoms with E-state index in [0.29, 0.717) is 11.8 Å². The molecule has 17 heavy (non-hydrogen) atoms. The van der Waals surface area contributed by atoms with E-state index in [0.717, 1.165) is 25.8 Å². The van der Waals surface area contributed by atoms with Crippen molar-refractivity contribution >= 4 is 5.78 Å². The summed E-state index contributed by atoms with van der Waals surface area (Å²) in [5.74, 6) is 0.322. The summed E-state index contributed by atoms with van der Waals surface area (Å²) in [6, 6.07) is 0.291. The summed E-state index contributed by atoms with van der Waals surface area (Å²) in [5, 5.41) is 0. The lowest BCUT2D eigenvalue weighted by Crippen LogP contribution is -2.48. The van der Waals surface area contributed by atoms with E-state index in [4.69, 9.17) is 4.74 Å². The first kappa shape index (κ1) is 11.3. The molecule has 3 aliphatic rings. The van der Waals surface area contributed by atoms with Crippen molar-refractivity contribution in [2.75, 3.05) is 6.54 Å². The Bertz CT molecular complexity index is 376. The second-order valence-corrected chi connectivity index (χ2v) is 6.58. The Hall–Kier alpha value is -0.830. The Kier molecular flexibility index (Phi) is 2.22. The van der Waals surface area contributed by atoms with E-state index < -0.39 is 0 Å². The van der Waals surface area contributed by atoms with E-state index >= 15 is 0 Å². The fraction of sp³-hybridized carbons (Fsp3) is 0.786.